The fourth-order valence-corrected chi connectivity index (χ4v) is 2.28. The second kappa shape index (κ2) is 5.00. The normalized spacial score (nSPS) is 10.5. The van der Waals surface area contributed by atoms with Crippen LogP contribution in [0.1, 0.15) is 16.7 Å². The monoisotopic (exact) mass is 340 g/mol. The van der Waals surface area contributed by atoms with E-state index in [1.807, 2.05) is 28.7 Å². The highest BCUT2D eigenvalue weighted by atomic mass is 127. The summed E-state index contributed by atoms with van der Waals surface area (Å²) in [5.41, 5.74) is 3.62. The molecule has 0 saturated heterocycles. The van der Waals surface area contributed by atoms with Crippen LogP contribution in [0.5, 0.6) is 0 Å². The number of rotatable bonds is 2. The molecule has 1 heterocycles. The molecule has 0 aliphatic rings. The van der Waals surface area contributed by atoms with Gasteiger partial charge in [0.15, 0.2) is 0 Å². The van der Waals surface area contributed by atoms with Gasteiger partial charge < -0.3 is 0 Å². The maximum Gasteiger partial charge on any atom is 0.267 e. The summed E-state index contributed by atoms with van der Waals surface area (Å²) < 4.78 is 2.30. The van der Waals surface area contributed by atoms with Gasteiger partial charge in [-0.25, -0.2) is 4.98 Å². The quantitative estimate of drug-likeness (QED) is 0.788. The SMILES string of the molecule is Cc1cccc(C)c1Cn1cncc(I)c1=O. The molecule has 88 valence electrons. The van der Waals surface area contributed by atoms with Gasteiger partial charge in [0.05, 0.1) is 16.4 Å². The van der Waals surface area contributed by atoms with Gasteiger partial charge in [-0.3, -0.25) is 9.36 Å². The predicted octanol–water partition coefficient (Wildman–Crippen LogP) is 2.51. The van der Waals surface area contributed by atoms with Crippen LogP contribution in [-0.4, -0.2) is 9.55 Å². The Hall–Kier alpha value is -1.17. The zero-order valence-corrected chi connectivity index (χ0v) is 11.9. The highest BCUT2D eigenvalue weighted by Gasteiger charge is 2.06. The van der Waals surface area contributed by atoms with E-state index >= 15 is 0 Å². The minimum absolute atomic E-state index is 0.0169. The third-order valence-corrected chi connectivity index (χ3v) is 3.57. The maximum atomic E-state index is 11.9. The molecule has 2 rings (SSSR count). The molecule has 0 amide bonds. The molecule has 1 aromatic carbocycles. The Morgan fingerprint density at radius 1 is 1.29 bits per heavy atom. The molecule has 0 N–H and O–H groups in total. The van der Waals surface area contributed by atoms with E-state index < -0.39 is 0 Å². The highest BCUT2D eigenvalue weighted by Crippen LogP contribution is 2.13. The molecule has 0 fully saturated rings. The van der Waals surface area contributed by atoms with Crippen molar-refractivity contribution in [2.45, 2.75) is 20.4 Å². The summed E-state index contributed by atoms with van der Waals surface area (Å²) >= 11 is 2.01. The van der Waals surface area contributed by atoms with Crippen molar-refractivity contribution in [1.29, 1.82) is 0 Å². The second-order valence-electron chi connectivity index (χ2n) is 4.04. The van der Waals surface area contributed by atoms with Crippen LogP contribution in [0.15, 0.2) is 35.5 Å². The fourth-order valence-electron chi connectivity index (χ4n) is 1.81. The Morgan fingerprint density at radius 2 is 1.94 bits per heavy atom. The number of aromatic nitrogens is 2. The molecule has 2 aromatic rings. The molecule has 0 unspecified atom stereocenters. The zero-order valence-electron chi connectivity index (χ0n) is 9.77. The molecule has 0 bridgehead atoms. The fraction of sp³-hybridized carbons (Fsp3) is 0.231. The third-order valence-electron chi connectivity index (χ3n) is 2.83. The first kappa shape index (κ1) is 12.3. The molecule has 17 heavy (non-hydrogen) atoms. The Kier molecular flexibility index (Phi) is 3.61. The lowest BCUT2D eigenvalue weighted by molar-refractivity contribution is 0.723. The number of hydrogen-bond donors (Lipinski definition) is 0. The first-order valence-corrected chi connectivity index (χ1v) is 6.42. The molecule has 3 nitrogen and oxygen atoms in total. The Labute approximate surface area is 114 Å². The standard InChI is InChI=1S/C13H13IN2O/c1-9-4-3-5-10(2)11(9)7-16-8-15-6-12(14)13(16)17/h3-6,8H,7H2,1-2H3. The van der Waals surface area contributed by atoms with Crippen molar-refractivity contribution in [3.8, 4) is 0 Å². The third kappa shape index (κ3) is 2.57. The van der Waals surface area contributed by atoms with Crippen molar-refractivity contribution in [2.24, 2.45) is 0 Å². The van der Waals surface area contributed by atoms with Gasteiger partial charge in [-0.2, -0.15) is 0 Å². The minimum Gasteiger partial charge on any atom is -0.294 e. The Bertz CT molecular complexity index is 584. The average Bonchev–Trinajstić information content (AvgIpc) is 2.29. The van der Waals surface area contributed by atoms with Crippen LogP contribution in [0.25, 0.3) is 0 Å². The lowest BCUT2D eigenvalue weighted by Crippen LogP contribution is -2.23. The van der Waals surface area contributed by atoms with E-state index in [1.54, 1.807) is 17.1 Å². The summed E-state index contributed by atoms with van der Waals surface area (Å²) in [6, 6.07) is 6.16. The first-order chi connectivity index (χ1) is 8.09. The smallest absolute Gasteiger partial charge is 0.267 e. The summed E-state index contributed by atoms with van der Waals surface area (Å²) in [7, 11) is 0. The maximum absolute atomic E-state index is 11.9. The van der Waals surface area contributed by atoms with Crippen LogP contribution < -0.4 is 5.56 Å². The van der Waals surface area contributed by atoms with Crippen molar-refractivity contribution in [1.82, 2.24) is 9.55 Å². The number of benzene rings is 1. The van der Waals surface area contributed by atoms with Crippen LogP contribution in [0.4, 0.5) is 0 Å². The lowest BCUT2D eigenvalue weighted by atomic mass is 10.0. The van der Waals surface area contributed by atoms with E-state index in [0.717, 1.165) is 0 Å². The van der Waals surface area contributed by atoms with E-state index in [1.165, 1.54) is 16.7 Å². The topological polar surface area (TPSA) is 34.9 Å². The van der Waals surface area contributed by atoms with E-state index in [2.05, 4.69) is 31.0 Å². The van der Waals surface area contributed by atoms with Gasteiger partial charge in [0.2, 0.25) is 0 Å². The van der Waals surface area contributed by atoms with E-state index in [9.17, 15) is 4.79 Å². The summed E-state index contributed by atoms with van der Waals surface area (Å²) in [5.74, 6) is 0. The lowest BCUT2D eigenvalue weighted by Gasteiger charge is -2.11. The number of hydrogen-bond acceptors (Lipinski definition) is 2. The van der Waals surface area contributed by atoms with E-state index in [0.29, 0.717) is 10.1 Å². The summed E-state index contributed by atoms with van der Waals surface area (Å²) in [6.45, 7) is 4.71. The van der Waals surface area contributed by atoms with Crippen molar-refractivity contribution in [2.75, 3.05) is 0 Å². The van der Waals surface area contributed by atoms with Gasteiger partial charge in [-0.05, 0) is 53.1 Å². The molecule has 0 atom stereocenters. The predicted molar refractivity (Wildman–Crippen MR) is 76.2 cm³/mol. The van der Waals surface area contributed by atoms with Crippen molar-refractivity contribution < 1.29 is 0 Å². The van der Waals surface area contributed by atoms with Crippen LogP contribution >= 0.6 is 22.6 Å². The highest BCUT2D eigenvalue weighted by molar-refractivity contribution is 14.1. The zero-order chi connectivity index (χ0) is 12.4. The van der Waals surface area contributed by atoms with Gasteiger partial charge in [0.25, 0.3) is 5.56 Å². The van der Waals surface area contributed by atoms with Crippen LogP contribution in [-0.2, 0) is 6.54 Å². The molecule has 0 aliphatic carbocycles. The summed E-state index contributed by atoms with van der Waals surface area (Å²) in [6.07, 6.45) is 3.18. The molecular formula is C13H13IN2O. The van der Waals surface area contributed by atoms with Gasteiger partial charge in [0.1, 0.15) is 0 Å². The van der Waals surface area contributed by atoms with Crippen molar-refractivity contribution >= 4 is 22.6 Å². The summed E-state index contributed by atoms with van der Waals surface area (Å²) in [4.78, 5) is 16.0. The van der Waals surface area contributed by atoms with E-state index in [4.69, 9.17) is 0 Å². The van der Waals surface area contributed by atoms with E-state index in [-0.39, 0.29) is 5.56 Å². The van der Waals surface area contributed by atoms with Crippen LogP contribution in [0.3, 0.4) is 0 Å². The van der Waals surface area contributed by atoms with Crippen molar-refractivity contribution in [3.63, 3.8) is 0 Å². The molecule has 4 heteroatoms. The molecule has 1 aromatic heterocycles. The molecule has 0 aliphatic heterocycles. The molecule has 0 radical (unpaired) electrons. The van der Waals surface area contributed by atoms with Gasteiger partial charge in [-0.1, -0.05) is 18.2 Å². The van der Waals surface area contributed by atoms with Gasteiger partial charge in [-0.15, -0.1) is 0 Å². The number of halogens is 1. The minimum atomic E-state index is 0.0169. The number of nitrogens with zero attached hydrogens (tertiary/aromatic N) is 2. The Morgan fingerprint density at radius 3 is 2.59 bits per heavy atom. The Balaban J connectivity index is 2.45. The average molecular weight is 340 g/mol. The second-order valence-corrected chi connectivity index (χ2v) is 5.21. The first-order valence-electron chi connectivity index (χ1n) is 5.34. The van der Waals surface area contributed by atoms with Gasteiger partial charge in [0, 0.05) is 6.20 Å². The largest absolute Gasteiger partial charge is 0.294 e. The van der Waals surface area contributed by atoms with Crippen LogP contribution in [0, 0.1) is 17.4 Å². The molecule has 0 spiro atoms. The molecule has 0 saturated carbocycles. The summed E-state index contributed by atoms with van der Waals surface area (Å²) in [5, 5.41) is 0. The van der Waals surface area contributed by atoms with Crippen molar-refractivity contribution in [3.05, 3.63) is 61.3 Å². The number of aryl methyl sites for hydroxylation is 2. The van der Waals surface area contributed by atoms with Crippen LogP contribution in [0.2, 0.25) is 0 Å². The molecular weight excluding hydrogens is 327 g/mol. The van der Waals surface area contributed by atoms with Gasteiger partial charge >= 0.3 is 0 Å².